The van der Waals surface area contributed by atoms with Crippen molar-refractivity contribution in [2.75, 3.05) is 18.4 Å². The van der Waals surface area contributed by atoms with Crippen molar-refractivity contribution in [2.24, 2.45) is 5.92 Å². The number of rotatable bonds is 2. The van der Waals surface area contributed by atoms with E-state index in [1.807, 2.05) is 0 Å². The molecule has 4 nitrogen and oxygen atoms in total. The molecule has 1 aliphatic rings. The second-order valence-corrected chi connectivity index (χ2v) is 5.46. The van der Waals surface area contributed by atoms with Crippen LogP contribution < -0.4 is 5.32 Å². The van der Waals surface area contributed by atoms with Gasteiger partial charge in [0.15, 0.2) is 0 Å². The third-order valence-electron chi connectivity index (χ3n) is 3.93. The van der Waals surface area contributed by atoms with Gasteiger partial charge in [0.25, 0.3) is 0 Å². The number of likely N-dealkylation sites (tertiary alicyclic amines) is 1. The van der Waals surface area contributed by atoms with Gasteiger partial charge < -0.3 is 15.3 Å². The van der Waals surface area contributed by atoms with Gasteiger partial charge >= 0.3 is 6.03 Å². The number of halogens is 1. The minimum absolute atomic E-state index is 0.211. The number of carbonyl (C=O) groups excluding carboxylic acids is 1. The molecule has 0 bridgehead atoms. The summed E-state index contributed by atoms with van der Waals surface area (Å²) in [7, 11) is 0. The number of aryl methyl sites for hydroxylation is 1. The second-order valence-electron chi connectivity index (χ2n) is 5.46. The first-order valence-electron chi connectivity index (χ1n) is 6.97. The highest BCUT2D eigenvalue weighted by Gasteiger charge is 2.25. The quantitative estimate of drug-likeness (QED) is 0.875. The van der Waals surface area contributed by atoms with Crippen molar-refractivity contribution in [3.8, 4) is 0 Å². The zero-order chi connectivity index (χ0) is 14.7. The molecule has 1 atom stereocenters. The molecule has 2 amide bonds. The van der Waals surface area contributed by atoms with Crippen molar-refractivity contribution in [3.05, 3.63) is 29.6 Å². The predicted molar refractivity (Wildman–Crippen MR) is 76.1 cm³/mol. The summed E-state index contributed by atoms with van der Waals surface area (Å²) < 4.78 is 13.4. The predicted octanol–water partition coefficient (Wildman–Crippen LogP) is 2.76. The van der Waals surface area contributed by atoms with Gasteiger partial charge in [0.2, 0.25) is 0 Å². The minimum atomic E-state index is -0.327. The molecule has 1 heterocycles. The molecule has 1 aromatic rings. The van der Waals surface area contributed by atoms with E-state index in [9.17, 15) is 14.3 Å². The Bertz CT molecular complexity index is 483. The summed E-state index contributed by atoms with van der Waals surface area (Å²) in [4.78, 5) is 13.8. The first-order valence-corrected chi connectivity index (χ1v) is 6.97. The minimum Gasteiger partial charge on any atom is -0.393 e. The van der Waals surface area contributed by atoms with Crippen LogP contribution in [0, 0.1) is 18.7 Å². The van der Waals surface area contributed by atoms with E-state index in [0.717, 1.165) is 12.8 Å². The highest BCUT2D eigenvalue weighted by molar-refractivity contribution is 5.89. The number of carbonyl (C=O) groups is 1. The Labute approximate surface area is 118 Å². The van der Waals surface area contributed by atoms with Crippen LogP contribution in [-0.2, 0) is 0 Å². The number of anilines is 1. The molecule has 1 aromatic carbocycles. The first-order chi connectivity index (χ1) is 9.47. The van der Waals surface area contributed by atoms with Gasteiger partial charge in [0, 0.05) is 18.8 Å². The van der Waals surface area contributed by atoms with E-state index in [0.29, 0.717) is 24.3 Å². The lowest BCUT2D eigenvalue weighted by molar-refractivity contribution is 0.0820. The van der Waals surface area contributed by atoms with Crippen molar-refractivity contribution in [1.82, 2.24) is 4.90 Å². The molecule has 0 aliphatic carbocycles. The molecule has 2 rings (SSSR count). The molecule has 2 N–H and O–H groups in total. The van der Waals surface area contributed by atoms with Crippen molar-refractivity contribution >= 4 is 11.7 Å². The van der Waals surface area contributed by atoms with Crippen molar-refractivity contribution < 1.29 is 14.3 Å². The fourth-order valence-electron chi connectivity index (χ4n) is 2.46. The molecule has 1 unspecified atom stereocenters. The molecule has 0 aromatic heterocycles. The van der Waals surface area contributed by atoms with E-state index >= 15 is 0 Å². The molecule has 0 saturated carbocycles. The molecule has 1 fully saturated rings. The number of aliphatic hydroxyl groups is 1. The summed E-state index contributed by atoms with van der Waals surface area (Å²) >= 11 is 0. The standard InChI is InChI=1S/C15H21FN2O2/c1-10-3-4-13(9-14(10)16)17-15(20)18-7-5-12(6-8-18)11(2)19/h3-4,9,11-12,19H,5-8H2,1-2H3,(H,17,20). The fourth-order valence-corrected chi connectivity index (χ4v) is 2.46. The largest absolute Gasteiger partial charge is 0.393 e. The average Bonchev–Trinajstić information content (AvgIpc) is 2.43. The van der Waals surface area contributed by atoms with Gasteiger partial charge in [-0.05, 0) is 50.3 Å². The first kappa shape index (κ1) is 14.8. The molecule has 1 saturated heterocycles. The van der Waals surface area contributed by atoms with Crippen LogP contribution in [0.2, 0.25) is 0 Å². The molecular weight excluding hydrogens is 259 g/mol. The van der Waals surface area contributed by atoms with E-state index < -0.39 is 0 Å². The summed E-state index contributed by atoms with van der Waals surface area (Å²) in [5, 5.41) is 12.2. The smallest absolute Gasteiger partial charge is 0.321 e. The Morgan fingerprint density at radius 3 is 2.65 bits per heavy atom. The summed E-state index contributed by atoms with van der Waals surface area (Å²) in [5.41, 5.74) is 1.02. The lowest BCUT2D eigenvalue weighted by Crippen LogP contribution is -2.42. The van der Waals surface area contributed by atoms with Crippen molar-refractivity contribution in [2.45, 2.75) is 32.8 Å². The number of nitrogens with one attached hydrogen (secondary N) is 1. The molecule has 110 valence electrons. The van der Waals surface area contributed by atoms with Crippen LogP contribution in [0.1, 0.15) is 25.3 Å². The lowest BCUT2D eigenvalue weighted by Gasteiger charge is -2.33. The Balaban J connectivity index is 1.91. The van der Waals surface area contributed by atoms with E-state index in [1.165, 1.54) is 6.07 Å². The van der Waals surface area contributed by atoms with Gasteiger partial charge in [-0.2, -0.15) is 0 Å². The van der Waals surface area contributed by atoms with Gasteiger partial charge in [0.05, 0.1) is 6.10 Å². The van der Waals surface area contributed by atoms with Crippen LogP contribution in [0.5, 0.6) is 0 Å². The Kier molecular flexibility index (Phi) is 4.60. The Morgan fingerprint density at radius 2 is 2.10 bits per heavy atom. The second kappa shape index (κ2) is 6.22. The summed E-state index contributed by atoms with van der Waals surface area (Å²) in [5.74, 6) is -0.0634. The maximum atomic E-state index is 13.4. The number of urea groups is 1. The maximum absolute atomic E-state index is 13.4. The SMILES string of the molecule is Cc1ccc(NC(=O)N2CCC(C(C)O)CC2)cc1F. The number of amides is 2. The highest BCUT2D eigenvalue weighted by Crippen LogP contribution is 2.21. The van der Waals surface area contributed by atoms with Crippen LogP contribution in [0.3, 0.4) is 0 Å². The van der Waals surface area contributed by atoms with Crippen LogP contribution in [0.15, 0.2) is 18.2 Å². The molecule has 20 heavy (non-hydrogen) atoms. The van der Waals surface area contributed by atoms with Gasteiger partial charge in [-0.25, -0.2) is 9.18 Å². The lowest BCUT2D eigenvalue weighted by atomic mass is 9.92. The third kappa shape index (κ3) is 3.48. The fraction of sp³-hybridized carbons (Fsp3) is 0.533. The van der Waals surface area contributed by atoms with Crippen LogP contribution >= 0.6 is 0 Å². The van der Waals surface area contributed by atoms with Gasteiger partial charge in [-0.15, -0.1) is 0 Å². The van der Waals surface area contributed by atoms with Gasteiger partial charge in [-0.1, -0.05) is 6.07 Å². The highest BCUT2D eigenvalue weighted by atomic mass is 19.1. The number of hydrogen-bond donors (Lipinski definition) is 2. The maximum Gasteiger partial charge on any atom is 0.321 e. The number of hydrogen-bond acceptors (Lipinski definition) is 2. The average molecular weight is 280 g/mol. The third-order valence-corrected chi connectivity index (χ3v) is 3.93. The molecule has 5 heteroatoms. The number of benzene rings is 1. The van der Waals surface area contributed by atoms with Gasteiger partial charge in [-0.3, -0.25) is 0 Å². The monoisotopic (exact) mass is 280 g/mol. The van der Waals surface area contributed by atoms with Crippen LogP contribution in [0.25, 0.3) is 0 Å². The summed E-state index contributed by atoms with van der Waals surface area (Å²) in [6, 6.07) is 4.46. The molecular formula is C15H21FN2O2. The Hall–Kier alpha value is -1.62. The van der Waals surface area contributed by atoms with Crippen LogP contribution in [0.4, 0.5) is 14.9 Å². The zero-order valence-electron chi connectivity index (χ0n) is 11.9. The van der Waals surface area contributed by atoms with E-state index in [2.05, 4.69) is 5.32 Å². The number of aliphatic hydroxyl groups excluding tert-OH is 1. The van der Waals surface area contributed by atoms with Crippen molar-refractivity contribution in [1.29, 1.82) is 0 Å². The topological polar surface area (TPSA) is 52.6 Å². The zero-order valence-corrected chi connectivity index (χ0v) is 11.9. The molecule has 0 spiro atoms. The number of nitrogens with zero attached hydrogens (tertiary/aromatic N) is 1. The van der Waals surface area contributed by atoms with Crippen molar-refractivity contribution in [3.63, 3.8) is 0 Å². The van der Waals surface area contributed by atoms with Crippen LogP contribution in [-0.4, -0.2) is 35.2 Å². The normalized spacial score (nSPS) is 17.9. The van der Waals surface area contributed by atoms with Gasteiger partial charge in [0.1, 0.15) is 5.82 Å². The molecule has 0 radical (unpaired) electrons. The molecule has 1 aliphatic heterocycles. The number of piperidine rings is 1. The van der Waals surface area contributed by atoms with E-state index in [-0.39, 0.29) is 23.9 Å². The van der Waals surface area contributed by atoms with E-state index in [4.69, 9.17) is 0 Å². The summed E-state index contributed by atoms with van der Waals surface area (Å²) in [6.45, 7) is 4.71. The summed E-state index contributed by atoms with van der Waals surface area (Å²) in [6.07, 6.45) is 1.27. The van der Waals surface area contributed by atoms with E-state index in [1.54, 1.807) is 30.9 Å². The Morgan fingerprint density at radius 1 is 1.45 bits per heavy atom.